The molecule has 2 aromatic rings. The van der Waals surface area contributed by atoms with Crippen LogP contribution < -0.4 is 5.32 Å². The van der Waals surface area contributed by atoms with Crippen molar-refractivity contribution >= 4 is 11.8 Å². The molecule has 0 aliphatic carbocycles. The molecule has 2 amide bonds. The van der Waals surface area contributed by atoms with Crippen molar-refractivity contribution in [1.82, 2.24) is 20.0 Å². The predicted octanol–water partition coefficient (Wildman–Crippen LogP) is 1.62. The lowest BCUT2D eigenvalue weighted by Gasteiger charge is -2.29. The van der Waals surface area contributed by atoms with Gasteiger partial charge in [-0.05, 0) is 37.0 Å². The fraction of sp³-hybridized carbons (Fsp3) is 0.421. The lowest BCUT2D eigenvalue weighted by molar-refractivity contribution is -0.130. The van der Waals surface area contributed by atoms with Crippen molar-refractivity contribution in [1.29, 1.82) is 0 Å². The Morgan fingerprint density at radius 3 is 2.96 bits per heavy atom. The van der Waals surface area contributed by atoms with Crippen LogP contribution in [0.3, 0.4) is 0 Å². The second-order valence-corrected chi connectivity index (χ2v) is 6.98. The van der Waals surface area contributed by atoms with Crippen LogP contribution in [-0.4, -0.2) is 45.1 Å². The van der Waals surface area contributed by atoms with Crippen LogP contribution in [0.2, 0.25) is 0 Å². The fourth-order valence-corrected chi connectivity index (χ4v) is 3.90. The molecule has 3 heterocycles. The van der Waals surface area contributed by atoms with E-state index in [0.29, 0.717) is 26.1 Å². The average molecular weight is 338 g/mol. The van der Waals surface area contributed by atoms with Crippen molar-refractivity contribution < 1.29 is 9.59 Å². The van der Waals surface area contributed by atoms with Gasteiger partial charge in [0, 0.05) is 44.0 Å². The van der Waals surface area contributed by atoms with E-state index in [4.69, 9.17) is 0 Å². The number of hydrogen-bond donors (Lipinski definition) is 1. The average Bonchev–Trinajstić information content (AvgIpc) is 3.26. The highest BCUT2D eigenvalue weighted by Gasteiger charge is 2.42. The molecule has 1 aromatic carbocycles. The first-order valence-electron chi connectivity index (χ1n) is 8.81. The number of fused-ring (bicyclic) bond motifs is 1. The first kappa shape index (κ1) is 15.9. The number of benzene rings is 1. The summed E-state index contributed by atoms with van der Waals surface area (Å²) in [5, 5.41) is 7.35. The summed E-state index contributed by atoms with van der Waals surface area (Å²) in [6.45, 7) is 1.90. The molecular formula is C19H22N4O2. The summed E-state index contributed by atoms with van der Waals surface area (Å²) in [4.78, 5) is 27.0. The summed E-state index contributed by atoms with van der Waals surface area (Å²) in [7, 11) is 0. The van der Waals surface area contributed by atoms with Crippen molar-refractivity contribution in [3.63, 3.8) is 0 Å². The second kappa shape index (κ2) is 6.35. The standard InChI is InChI=1S/C19H22N4O2/c24-17(7-12-23-11-3-10-20-23)22-13-9-19(14-22)8-6-15-4-1-2-5-16(15)18(25)21-19/h1-5,10-11H,6-9,12-14H2,(H,21,25)/t19-/m1/s1. The number of nitrogens with one attached hydrogen (secondary N) is 1. The van der Waals surface area contributed by atoms with Gasteiger partial charge in [-0.2, -0.15) is 5.10 Å². The van der Waals surface area contributed by atoms with Crippen LogP contribution in [0.4, 0.5) is 0 Å². The van der Waals surface area contributed by atoms with Crippen LogP contribution in [0.25, 0.3) is 0 Å². The first-order valence-corrected chi connectivity index (χ1v) is 8.81. The van der Waals surface area contributed by atoms with E-state index >= 15 is 0 Å². The van der Waals surface area contributed by atoms with E-state index in [1.807, 2.05) is 41.4 Å². The van der Waals surface area contributed by atoms with Crippen molar-refractivity contribution in [2.75, 3.05) is 13.1 Å². The van der Waals surface area contributed by atoms with Crippen LogP contribution in [0, 0.1) is 0 Å². The summed E-state index contributed by atoms with van der Waals surface area (Å²) >= 11 is 0. The Labute approximate surface area is 146 Å². The molecule has 6 heteroatoms. The van der Waals surface area contributed by atoms with E-state index in [-0.39, 0.29) is 17.4 Å². The highest BCUT2D eigenvalue weighted by molar-refractivity contribution is 5.96. The van der Waals surface area contributed by atoms with Crippen LogP contribution in [0.1, 0.15) is 35.2 Å². The Bertz CT molecular complexity index is 786. The second-order valence-electron chi connectivity index (χ2n) is 6.98. The van der Waals surface area contributed by atoms with Gasteiger partial charge >= 0.3 is 0 Å². The van der Waals surface area contributed by atoms with Gasteiger partial charge < -0.3 is 10.2 Å². The Hall–Kier alpha value is -2.63. The monoisotopic (exact) mass is 338 g/mol. The van der Waals surface area contributed by atoms with E-state index in [9.17, 15) is 9.59 Å². The third kappa shape index (κ3) is 3.16. The number of carbonyl (C=O) groups excluding carboxylic acids is 2. The Balaban J connectivity index is 1.41. The smallest absolute Gasteiger partial charge is 0.252 e. The van der Waals surface area contributed by atoms with Crippen molar-refractivity contribution in [2.45, 2.75) is 37.8 Å². The topological polar surface area (TPSA) is 67.2 Å². The molecule has 4 rings (SSSR count). The molecule has 1 aromatic heterocycles. The van der Waals surface area contributed by atoms with Gasteiger partial charge in [-0.25, -0.2) is 0 Å². The zero-order valence-electron chi connectivity index (χ0n) is 14.1. The molecule has 1 atom stereocenters. The number of hydrogen-bond acceptors (Lipinski definition) is 3. The zero-order chi connectivity index (χ0) is 17.3. The van der Waals surface area contributed by atoms with Gasteiger partial charge in [-0.15, -0.1) is 0 Å². The highest BCUT2D eigenvalue weighted by atomic mass is 16.2. The van der Waals surface area contributed by atoms with Gasteiger partial charge in [0.15, 0.2) is 0 Å². The summed E-state index contributed by atoms with van der Waals surface area (Å²) in [6.07, 6.45) is 6.57. The number of carbonyl (C=O) groups is 2. The lowest BCUT2D eigenvalue weighted by Crippen LogP contribution is -2.50. The van der Waals surface area contributed by atoms with Crippen LogP contribution >= 0.6 is 0 Å². The number of rotatable bonds is 3. The largest absolute Gasteiger partial charge is 0.345 e. The molecule has 130 valence electrons. The Morgan fingerprint density at radius 2 is 2.12 bits per heavy atom. The number of likely N-dealkylation sites (tertiary alicyclic amines) is 1. The summed E-state index contributed by atoms with van der Waals surface area (Å²) in [5.41, 5.74) is 1.57. The number of aromatic nitrogens is 2. The molecule has 2 aliphatic heterocycles. The molecule has 1 N–H and O–H groups in total. The summed E-state index contributed by atoms with van der Waals surface area (Å²) < 4.78 is 1.77. The van der Waals surface area contributed by atoms with Crippen LogP contribution in [-0.2, 0) is 17.8 Å². The predicted molar refractivity (Wildman–Crippen MR) is 93.0 cm³/mol. The van der Waals surface area contributed by atoms with Crippen LogP contribution in [0.5, 0.6) is 0 Å². The zero-order valence-corrected chi connectivity index (χ0v) is 14.1. The maximum absolute atomic E-state index is 12.6. The molecule has 0 saturated carbocycles. The molecule has 1 saturated heterocycles. The fourth-order valence-electron chi connectivity index (χ4n) is 3.90. The number of nitrogens with zero attached hydrogens (tertiary/aromatic N) is 3. The molecule has 25 heavy (non-hydrogen) atoms. The van der Waals surface area contributed by atoms with Gasteiger partial charge in [0.05, 0.1) is 5.54 Å². The lowest BCUT2D eigenvalue weighted by atomic mass is 9.91. The molecule has 0 radical (unpaired) electrons. The van der Waals surface area contributed by atoms with Gasteiger partial charge in [0.2, 0.25) is 5.91 Å². The summed E-state index contributed by atoms with van der Waals surface area (Å²) in [6, 6.07) is 9.63. The van der Waals surface area contributed by atoms with Crippen molar-refractivity contribution in [3.05, 3.63) is 53.9 Å². The number of amides is 2. The normalized spacial score (nSPS) is 22.6. The summed E-state index contributed by atoms with van der Waals surface area (Å²) in [5.74, 6) is 0.113. The minimum Gasteiger partial charge on any atom is -0.345 e. The molecule has 1 spiro atoms. The van der Waals surface area contributed by atoms with Crippen LogP contribution in [0.15, 0.2) is 42.7 Å². The minimum absolute atomic E-state index is 0.0149. The third-order valence-corrected chi connectivity index (χ3v) is 5.33. The molecule has 6 nitrogen and oxygen atoms in total. The first-order chi connectivity index (χ1) is 12.2. The SMILES string of the molecule is O=C1N[C@]2(CCc3ccccc31)CCN(C(=O)CCn1cccn1)C2. The van der Waals surface area contributed by atoms with Crippen molar-refractivity contribution in [3.8, 4) is 0 Å². The van der Waals surface area contributed by atoms with Gasteiger partial charge in [-0.3, -0.25) is 14.3 Å². The molecule has 1 fully saturated rings. The van der Waals surface area contributed by atoms with E-state index in [0.717, 1.165) is 30.4 Å². The van der Waals surface area contributed by atoms with Gasteiger partial charge in [0.1, 0.15) is 0 Å². The Morgan fingerprint density at radius 1 is 1.24 bits per heavy atom. The minimum atomic E-state index is -0.294. The maximum Gasteiger partial charge on any atom is 0.252 e. The number of aryl methyl sites for hydroxylation is 2. The maximum atomic E-state index is 12.6. The molecule has 0 bridgehead atoms. The van der Waals surface area contributed by atoms with E-state index in [1.54, 1.807) is 10.9 Å². The van der Waals surface area contributed by atoms with Gasteiger partial charge in [-0.1, -0.05) is 18.2 Å². The van der Waals surface area contributed by atoms with Crippen molar-refractivity contribution in [2.24, 2.45) is 0 Å². The Kier molecular flexibility index (Phi) is 4.03. The quantitative estimate of drug-likeness (QED) is 0.925. The third-order valence-electron chi connectivity index (χ3n) is 5.33. The van der Waals surface area contributed by atoms with E-state index in [1.165, 1.54) is 0 Å². The highest BCUT2D eigenvalue weighted by Crippen LogP contribution is 2.30. The van der Waals surface area contributed by atoms with Gasteiger partial charge in [0.25, 0.3) is 5.91 Å². The van der Waals surface area contributed by atoms with E-state index in [2.05, 4.69) is 10.4 Å². The molecular weight excluding hydrogens is 316 g/mol. The molecule has 0 unspecified atom stereocenters. The molecule has 2 aliphatic rings. The van der Waals surface area contributed by atoms with E-state index < -0.39 is 0 Å².